The highest BCUT2D eigenvalue weighted by Gasteiger charge is 2.12. The van der Waals surface area contributed by atoms with E-state index in [4.69, 9.17) is 21.1 Å². The van der Waals surface area contributed by atoms with Gasteiger partial charge >= 0.3 is 0 Å². The maximum Gasteiger partial charge on any atom is 0.180 e. The number of hydrogen-bond acceptors (Lipinski definition) is 3. The fourth-order valence-electron chi connectivity index (χ4n) is 2.92. The molecule has 0 aromatic heterocycles. The molecule has 4 heteroatoms. The largest absolute Gasteiger partial charge is 0.493 e. The maximum atomic E-state index is 6.49. The number of methoxy groups -OCH3 is 1. The van der Waals surface area contributed by atoms with Crippen LogP contribution in [0.4, 0.5) is 5.69 Å². The van der Waals surface area contributed by atoms with E-state index in [-0.39, 0.29) is 0 Å². The average Bonchev–Trinajstić information content (AvgIpc) is 2.72. The van der Waals surface area contributed by atoms with E-state index >= 15 is 0 Å². The molecule has 3 rings (SSSR count). The van der Waals surface area contributed by atoms with E-state index in [1.54, 1.807) is 7.11 Å². The number of aryl methyl sites for hydroxylation is 2. The van der Waals surface area contributed by atoms with Gasteiger partial charge in [-0.2, -0.15) is 0 Å². The van der Waals surface area contributed by atoms with Gasteiger partial charge in [0.05, 0.1) is 12.1 Å². The molecule has 0 amide bonds. The van der Waals surface area contributed by atoms with Crippen molar-refractivity contribution < 1.29 is 9.47 Å². The van der Waals surface area contributed by atoms with E-state index in [9.17, 15) is 0 Å². The molecule has 0 aliphatic rings. The Morgan fingerprint density at radius 2 is 1.57 bits per heavy atom. The third kappa shape index (κ3) is 5.20. The minimum absolute atomic E-state index is 0.442. The van der Waals surface area contributed by atoms with Crippen LogP contribution in [0.2, 0.25) is 5.02 Å². The van der Waals surface area contributed by atoms with Crippen molar-refractivity contribution in [2.75, 3.05) is 12.4 Å². The molecule has 3 aromatic carbocycles. The zero-order chi connectivity index (χ0) is 19.9. The molecule has 0 unspecified atom stereocenters. The fourth-order valence-corrected chi connectivity index (χ4v) is 3.21. The molecule has 0 heterocycles. The molecule has 1 N–H and O–H groups in total. The molecule has 28 heavy (non-hydrogen) atoms. The molecule has 146 valence electrons. The van der Waals surface area contributed by atoms with Crippen molar-refractivity contribution in [1.82, 2.24) is 0 Å². The third-order valence-corrected chi connectivity index (χ3v) is 4.93. The van der Waals surface area contributed by atoms with Crippen LogP contribution in [-0.4, -0.2) is 7.11 Å². The molecule has 0 aliphatic carbocycles. The van der Waals surface area contributed by atoms with Crippen molar-refractivity contribution in [1.29, 1.82) is 0 Å². The Kier molecular flexibility index (Phi) is 6.83. The van der Waals surface area contributed by atoms with E-state index in [1.807, 2.05) is 12.1 Å². The van der Waals surface area contributed by atoms with E-state index in [0.717, 1.165) is 23.2 Å². The first-order valence-corrected chi connectivity index (χ1v) is 9.84. The highest BCUT2D eigenvalue weighted by Crippen LogP contribution is 2.37. The molecular weight excluding hydrogens is 370 g/mol. The lowest BCUT2D eigenvalue weighted by Gasteiger charge is -2.15. The highest BCUT2D eigenvalue weighted by molar-refractivity contribution is 6.32. The normalized spacial score (nSPS) is 10.6. The summed E-state index contributed by atoms with van der Waals surface area (Å²) in [5, 5.41) is 3.96. The van der Waals surface area contributed by atoms with Crippen LogP contribution in [0.5, 0.6) is 11.5 Å². The molecule has 0 spiro atoms. The molecule has 0 aliphatic heterocycles. The second kappa shape index (κ2) is 9.52. The summed E-state index contributed by atoms with van der Waals surface area (Å²) in [6, 6.07) is 20.6. The fraction of sp³-hybridized carbons (Fsp3) is 0.250. The Balaban J connectivity index is 1.68. The minimum atomic E-state index is 0.442. The van der Waals surface area contributed by atoms with Gasteiger partial charge in [-0.25, -0.2) is 0 Å². The Labute approximate surface area is 172 Å². The highest BCUT2D eigenvalue weighted by atomic mass is 35.5. The Morgan fingerprint density at radius 3 is 2.21 bits per heavy atom. The first-order valence-electron chi connectivity index (χ1n) is 9.46. The summed E-state index contributed by atoms with van der Waals surface area (Å²) >= 11 is 6.49. The summed E-state index contributed by atoms with van der Waals surface area (Å²) in [5.41, 5.74) is 5.74. The summed E-state index contributed by atoms with van der Waals surface area (Å²) in [4.78, 5) is 0. The predicted molar refractivity (Wildman–Crippen MR) is 117 cm³/mol. The lowest BCUT2D eigenvalue weighted by Crippen LogP contribution is -2.03. The van der Waals surface area contributed by atoms with Crippen molar-refractivity contribution in [3.05, 3.63) is 87.9 Å². The van der Waals surface area contributed by atoms with Crippen LogP contribution in [0.15, 0.2) is 60.7 Å². The van der Waals surface area contributed by atoms with Crippen molar-refractivity contribution in [3.63, 3.8) is 0 Å². The van der Waals surface area contributed by atoms with Gasteiger partial charge in [-0.3, -0.25) is 0 Å². The molecular formula is C24H26ClNO2. The molecule has 3 nitrogen and oxygen atoms in total. The van der Waals surface area contributed by atoms with Gasteiger partial charge in [0.25, 0.3) is 0 Å². The maximum absolute atomic E-state index is 6.49. The van der Waals surface area contributed by atoms with Crippen LogP contribution in [0, 0.1) is 6.92 Å². The third-order valence-electron chi connectivity index (χ3n) is 4.65. The van der Waals surface area contributed by atoms with Crippen LogP contribution in [0.1, 0.15) is 29.2 Å². The van der Waals surface area contributed by atoms with Crippen LogP contribution in [0.3, 0.4) is 0 Å². The first kappa shape index (κ1) is 20.1. The van der Waals surface area contributed by atoms with Crippen molar-refractivity contribution in [2.45, 2.75) is 33.4 Å². The topological polar surface area (TPSA) is 30.5 Å². The van der Waals surface area contributed by atoms with Crippen LogP contribution < -0.4 is 14.8 Å². The van der Waals surface area contributed by atoms with E-state index in [0.29, 0.717) is 29.7 Å². The quantitative estimate of drug-likeness (QED) is 0.478. The standard InChI is InChI=1S/C24H26ClNO2/c1-4-18-9-11-21(12-10-18)26-15-20-13-22(25)24(23(14-20)27-3)28-16-19-7-5-17(2)6-8-19/h5-14,26H,4,15-16H2,1-3H3. The molecule has 0 fully saturated rings. The van der Waals surface area contributed by atoms with Gasteiger partial charge in [0.15, 0.2) is 11.5 Å². The monoisotopic (exact) mass is 395 g/mol. The average molecular weight is 396 g/mol. The molecule has 0 radical (unpaired) electrons. The van der Waals surface area contributed by atoms with Crippen molar-refractivity contribution in [3.8, 4) is 11.5 Å². The smallest absolute Gasteiger partial charge is 0.180 e. The number of nitrogens with one attached hydrogen (secondary N) is 1. The number of halogens is 1. The van der Waals surface area contributed by atoms with Gasteiger partial charge in [-0.1, -0.05) is 60.5 Å². The Hall–Kier alpha value is -2.65. The molecule has 0 bridgehead atoms. The number of benzene rings is 3. The summed E-state index contributed by atoms with van der Waals surface area (Å²) in [6.45, 7) is 5.31. The summed E-state index contributed by atoms with van der Waals surface area (Å²) < 4.78 is 11.5. The van der Waals surface area contributed by atoms with Gasteiger partial charge in [0, 0.05) is 12.2 Å². The van der Waals surface area contributed by atoms with Gasteiger partial charge < -0.3 is 14.8 Å². The lowest BCUT2D eigenvalue weighted by molar-refractivity contribution is 0.284. The molecule has 0 atom stereocenters. The first-order chi connectivity index (χ1) is 13.6. The number of rotatable bonds is 8. The zero-order valence-corrected chi connectivity index (χ0v) is 17.3. The SMILES string of the molecule is CCc1ccc(NCc2cc(Cl)c(OCc3ccc(C)cc3)c(OC)c2)cc1. The van der Waals surface area contributed by atoms with Gasteiger partial charge in [0.1, 0.15) is 6.61 Å². The molecule has 0 saturated carbocycles. The van der Waals surface area contributed by atoms with Crippen LogP contribution in [-0.2, 0) is 19.6 Å². The number of hydrogen-bond donors (Lipinski definition) is 1. The van der Waals surface area contributed by atoms with Crippen LogP contribution in [0.25, 0.3) is 0 Å². The number of anilines is 1. The van der Waals surface area contributed by atoms with E-state index in [2.05, 4.69) is 67.7 Å². The molecule has 3 aromatic rings. The second-order valence-corrected chi connectivity index (χ2v) is 7.19. The summed E-state index contributed by atoms with van der Waals surface area (Å²) in [5.74, 6) is 1.21. The minimum Gasteiger partial charge on any atom is -0.493 e. The summed E-state index contributed by atoms with van der Waals surface area (Å²) in [6.07, 6.45) is 1.04. The summed E-state index contributed by atoms with van der Waals surface area (Å²) in [7, 11) is 1.63. The van der Waals surface area contributed by atoms with Gasteiger partial charge in [0.2, 0.25) is 0 Å². The van der Waals surface area contributed by atoms with Crippen molar-refractivity contribution in [2.24, 2.45) is 0 Å². The Bertz CT molecular complexity index is 905. The van der Waals surface area contributed by atoms with Gasteiger partial charge in [-0.05, 0) is 54.3 Å². The number of ether oxygens (including phenoxy) is 2. The zero-order valence-electron chi connectivity index (χ0n) is 16.6. The lowest BCUT2D eigenvalue weighted by atomic mass is 10.1. The van der Waals surface area contributed by atoms with Crippen molar-refractivity contribution >= 4 is 17.3 Å². The van der Waals surface area contributed by atoms with Crippen LogP contribution >= 0.6 is 11.6 Å². The van der Waals surface area contributed by atoms with Gasteiger partial charge in [-0.15, -0.1) is 0 Å². The Morgan fingerprint density at radius 1 is 0.893 bits per heavy atom. The van der Waals surface area contributed by atoms with E-state index < -0.39 is 0 Å². The molecule has 0 saturated heterocycles. The second-order valence-electron chi connectivity index (χ2n) is 6.79. The predicted octanol–water partition coefficient (Wildman–Crippen LogP) is 6.41. The van der Waals surface area contributed by atoms with E-state index in [1.165, 1.54) is 11.1 Å².